The van der Waals surface area contributed by atoms with Crippen LogP contribution in [-0.4, -0.2) is 49.0 Å². The summed E-state index contributed by atoms with van der Waals surface area (Å²) in [5.74, 6) is 1.17. The van der Waals surface area contributed by atoms with Gasteiger partial charge in [0, 0.05) is 56.4 Å². The van der Waals surface area contributed by atoms with Crippen LogP contribution in [0.4, 0.5) is 0 Å². The van der Waals surface area contributed by atoms with Crippen LogP contribution in [0.1, 0.15) is 30.3 Å². The Labute approximate surface area is 151 Å². The molecular weight excluding hydrogens is 332 g/mol. The van der Waals surface area contributed by atoms with Crippen molar-refractivity contribution in [2.75, 3.05) is 13.1 Å². The lowest BCUT2D eigenvalue weighted by molar-refractivity contribution is -0.0930. The second-order valence-corrected chi connectivity index (χ2v) is 6.72. The van der Waals surface area contributed by atoms with Crippen molar-refractivity contribution in [2.24, 2.45) is 7.05 Å². The molecule has 2 atom stereocenters. The van der Waals surface area contributed by atoms with Crippen molar-refractivity contribution in [3.8, 4) is 11.3 Å². The summed E-state index contributed by atoms with van der Waals surface area (Å²) in [7, 11) is 1.94. The molecule has 0 aliphatic carbocycles. The fourth-order valence-corrected chi connectivity index (χ4v) is 3.40. The molecule has 0 saturated carbocycles. The van der Waals surface area contributed by atoms with Gasteiger partial charge in [0.25, 0.3) is 5.89 Å². The van der Waals surface area contributed by atoms with Gasteiger partial charge >= 0.3 is 0 Å². The molecule has 0 radical (unpaired) electrons. The van der Waals surface area contributed by atoms with Crippen molar-refractivity contribution in [1.29, 1.82) is 0 Å². The van der Waals surface area contributed by atoms with Gasteiger partial charge in [-0.2, -0.15) is 10.1 Å². The van der Waals surface area contributed by atoms with E-state index in [0.29, 0.717) is 18.3 Å². The Balaban J connectivity index is 1.55. The molecule has 1 fully saturated rings. The number of pyridine rings is 1. The molecule has 0 N–H and O–H groups in total. The topological polar surface area (TPSA) is 82.1 Å². The molecule has 1 aliphatic heterocycles. The molecule has 3 aromatic heterocycles. The Morgan fingerprint density at radius 3 is 2.77 bits per heavy atom. The van der Waals surface area contributed by atoms with Gasteiger partial charge in [-0.05, 0) is 26.0 Å². The van der Waals surface area contributed by atoms with Gasteiger partial charge < -0.3 is 9.26 Å². The monoisotopic (exact) mass is 354 g/mol. The predicted octanol–water partition coefficient (Wildman–Crippen LogP) is 2.14. The molecule has 8 heteroatoms. The smallest absolute Gasteiger partial charge is 0.257 e. The summed E-state index contributed by atoms with van der Waals surface area (Å²) in [5, 5.41) is 8.52. The maximum Gasteiger partial charge on any atom is 0.257 e. The highest BCUT2D eigenvalue weighted by Gasteiger charge is 2.30. The van der Waals surface area contributed by atoms with Crippen molar-refractivity contribution in [2.45, 2.75) is 32.6 Å². The zero-order chi connectivity index (χ0) is 18.1. The largest absolute Gasteiger partial charge is 0.363 e. The van der Waals surface area contributed by atoms with Gasteiger partial charge in [-0.1, -0.05) is 5.16 Å². The van der Waals surface area contributed by atoms with Crippen LogP contribution >= 0.6 is 0 Å². The van der Waals surface area contributed by atoms with E-state index in [0.717, 1.165) is 24.3 Å². The third-order valence-electron chi connectivity index (χ3n) is 4.41. The van der Waals surface area contributed by atoms with Crippen molar-refractivity contribution in [3.05, 3.63) is 48.0 Å². The second-order valence-electron chi connectivity index (χ2n) is 6.72. The summed E-state index contributed by atoms with van der Waals surface area (Å²) >= 11 is 0. The summed E-state index contributed by atoms with van der Waals surface area (Å²) in [6.07, 6.45) is 5.53. The number of ether oxygens (including phenoxy) is 1. The minimum absolute atomic E-state index is 0.0852. The SMILES string of the molecule is Cc1noc([C@H]2CN(Cc3cn(C)nc3-c3ccncc3)C[C@@H](C)O2)n1. The molecular formula is C18H22N6O2. The summed E-state index contributed by atoms with van der Waals surface area (Å²) in [6, 6.07) is 3.97. The minimum Gasteiger partial charge on any atom is -0.363 e. The van der Waals surface area contributed by atoms with E-state index in [2.05, 4.69) is 38.2 Å². The lowest BCUT2D eigenvalue weighted by Crippen LogP contribution is -2.42. The first-order chi connectivity index (χ1) is 12.6. The van der Waals surface area contributed by atoms with E-state index in [1.807, 2.05) is 30.8 Å². The van der Waals surface area contributed by atoms with Crippen LogP contribution in [0.3, 0.4) is 0 Å². The van der Waals surface area contributed by atoms with E-state index < -0.39 is 0 Å². The standard InChI is InChI=1S/C18H22N6O2/c1-12-8-24(11-16(25-12)18-20-13(2)22-26-18)10-15-9-23(3)21-17(15)14-4-6-19-7-5-14/h4-7,9,12,16H,8,10-11H2,1-3H3/t12-,16-/m1/s1. The van der Waals surface area contributed by atoms with Crippen LogP contribution in [0.25, 0.3) is 11.3 Å². The Hall–Kier alpha value is -2.58. The number of rotatable bonds is 4. The van der Waals surface area contributed by atoms with Crippen molar-refractivity contribution < 1.29 is 9.26 Å². The summed E-state index contributed by atoms with van der Waals surface area (Å²) in [5.41, 5.74) is 3.23. The van der Waals surface area contributed by atoms with E-state index in [1.165, 1.54) is 5.56 Å². The van der Waals surface area contributed by atoms with E-state index in [-0.39, 0.29) is 12.2 Å². The van der Waals surface area contributed by atoms with Crippen LogP contribution in [0.5, 0.6) is 0 Å². The molecule has 136 valence electrons. The number of aryl methyl sites for hydroxylation is 2. The van der Waals surface area contributed by atoms with Crippen LogP contribution in [0, 0.1) is 6.92 Å². The van der Waals surface area contributed by atoms with E-state index >= 15 is 0 Å². The number of hydrogen-bond acceptors (Lipinski definition) is 7. The lowest BCUT2D eigenvalue weighted by atomic mass is 10.1. The van der Waals surface area contributed by atoms with Crippen molar-refractivity contribution in [1.82, 2.24) is 29.8 Å². The van der Waals surface area contributed by atoms with Gasteiger partial charge in [-0.25, -0.2) is 0 Å². The molecule has 26 heavy (non-hydrogen) atoms. The molecule has 0 unspecified atom stereocenters. The number of hydrogen-bond donors (Lipinski definition) is 0. The fraction of sp³-hybridized carbons (Fsp3) is 0.444. The summed E-state index contributed by atoms with van der Waals surface area (Å²) < 4.78 is 13.2. The Bertz CT molecular complexity index is 875. The van der Waals surface area contributed by atoms with Gasteiger partial charge in [0.1, 0.15) is 6.10 Å². The fourth-order valence-electron chi connectivity index (χ4n) is 3.40. The van der Waals surface area contributed by atoms with Gasteiger partial charge in [0.05, 0.1) is 11.8 Å². The lowest BCUT2D eigenvalue weighted by Gasteiger charge is -2.35. The van der Waals surface area contributed by atoms with Crippen LogP contribution in [0.2, 0.25) is 0 Å². The Morgan fingerprint density at radius 1 is 1.23 bits per heavy atom. The molecule has 3 aromatic rings. The quantitative estimate of drug-likeness (QED) is 0.710. The first-order valence-corrected chi connectivity index (χ1v) is 8.69. The minimum atomic E-state index is -0.207. The zero-order valence-corrected chi connectivity index (χ0v) is 15.2. The maximum atomic E-state index is 6.01. The third kappa shape index (κ3) is 3.51. The van der Waals surface area contributed by atoms with E-state index in [4.69, 9.17) is 9.26 Å². The van der Waals surface area contributed by atoms with Gasteiger partial charge in [-0.15, -0.1) is 0 Å². The number of nitrogens with zero attached hydrogens (tertiary/aromatic N) is 6. The molecule has 1 saturated heterocycles. The number of morpholine rings is 1. The highest BCUT2D eigenvalue weighted by atomic mass is 16.5. The molecule has 1 aliphatic rings. The van der Waals surface area contributed by atoms with E-state index in [1.54, 1.807) is 12.4 Å². The van der Waals surface area contributed by atoms with Crippen molar-refractivity contribution >= 4 is 0 Å². The van der Waals surface area contributed by atoms with Gasteiger partial charge in [0.2, 0.25) is 0 Å². The van der Waals surface area contributed by atoms with Crippen LogP contribution in [-0.2, 0) is 18.3 Å². The molecule has 0 amide bonds. The summed E-state index contributed by atoms with van der Waals surface area (Å²) in [6.45, 7) is 6.21. The van der Waals surface area contributed by atoms with Crippen LogP contribution < -0.4 is 0 Å². The zero-order valence-electron chi connectivity index (χ0n) is 15.2. The Kier molecular flexibility index (Phi) is 4.52. The highest BCUT2D eigenvalue weighted by molar-refractivity contribution is 5.61. The second kappa shape index (κ2) is 6.97. The molecule has 4 rings (SSSR count). The predicted molar refractivity (Wildman–Crippen MR) is 94.0 cm³/mol. The number of aromatic nitrogens is 5. The summed E-state index contributed by atoms with van der Waals surface area (Å²) in [4.78, 5) is 10.8. The Morgan fingerprint density at radius 2 is 2.04 bits per heavy atom. The molecule has 0 aromatic carbocycles. The molecule has 0 bridgehead atoms. The molecule has 8 nitrogen and oxygen atoms in total. The van der Waals surface area contributed by atoms with Gasteiger partial charge in [-0.3, -0.25) is 14.6 Å². The normalized spacial score (nSPS) is 21.2. The van der Waals surface area contributed by atoms with Gasteiger partial charge in [0.15, 0.2) is 5.82 Å². The molecule has 0 spiro atoms. The average Bonchev–Trinajstić information content (AvgIpc) is 3.21. The first-order valence-electron chi connectivity index (χ1n) is 8.69. The molecule has 4 heterocycles. The van der Waals surface area contributed by atoms with Crippen LogP contribution in [0.15, 0.2) is 35.2 Å². The van der Waals surface area contributed by atoms with Crippen molar-refractivity contribution in [3.63, 3.8) is 0 Å². The first kappa shape index (κ1) is 16.9. The highest BCUT2D eigenvalue weighted by Crippen LogP contribution is 2.27. The average molecular weight is 354 g/mol. The maximum absolute atomic E-state index is 6.01. The van der Waals surface area contributed by atoms with E-state index in [9.17, 15) is 0 Å². The third-order valence-corrected chi connectivity index (χ3v) is 4.41.